The highest BCUT2D eigenvalue weighted by Gasteiger charge is 2.13. The van der Waals surface area contributed by atoms with Crippen LogP contribution >= 0.6 is 0 Å². The lowest BCUT2D eigenvalue weighted by molar-refractivity contribution is -0.137. The summed E-state index contributed by atoms with van der Waals surface area (Å²) in [4.78, 5) is 23.2. The van der Waals surface area contributed by atoms with Crippen LogP contribution in [0.4, 0.5) is 5.69 Å². The molecule has 80 valence electrons. The summed E-state index contributed by atoms with van der Waals surface area (Å²) in [6.07, 6.45) is 0. The van der Waals surface area contributed by atoms with Crippen LogP contribution in [0.5, 0.6) is 0 Å². The van der Waals surface area contributed by atoms with Gasteiger partial charge in [0.2, 0.25) is 0 Å². The first-order valence-corrected chi connectivity index (χ1v) is 4.33. The molecule has 1 aromatic carbocycles. The molecule has 5 nitrogen and oxygen atoms in total. The van der Waals surface area contributed by atoms with Crippen LogP contribution in [-0.2, 0) is 4.79 Å². The molecule has 0 fully saturated rings. The summed E-state index contributed by atoms with van der Waals surface area (Å²) in [5.41, 5.74) is 6.37. The van der Waals surface area contributed by atoms with Gasteiger partial charge in [-0.05, 0) is 18.2 Å². The lowest BCUT2D eigenvalue weighted by Gasteiger charge is -2.14. The van der Waals surface area contributed by atoms with E-state index in [1.807, 2.05) is 0 Å². The molecule has 0 aliphatic rings. The molecule has 0 atom stereocenters. The van der Waals surface area contributed by atoms with Crippen LogP contribution in [0.1, 0.15) is 10.4 Å². The van der Waals surface area contributed by atoms with E-state index in [1.54, 1.807) is 18.2 Å². The highest BCUT2D eigenvalue weighted by atomic mass is 16.4. The van der Waals surface area contributed by atoms with Gasteiger partial charge in [-0.15, -0.1) is 0 Å². The molecule has 5 heteroatoms. The quantitative estimate of drug-likeness (QED) is 0.705. The van der Waals surface area contributed by atoms with Gasteiger partial charge < -0.3 is 15.7 Å². The zero-order valence-corrected chi connectivity index (χ0v) is 8.30. The molecule has 0 aliphatic carbocycles. The normalized spacial score (nSPS) is 9.67. The fraction of sp³-hybridized carbons (Fsp3) is 0.200. The van der Waals surface area contributed by atoms with E-state index in [4.69, 9.17) is 10.8 Å². The molecular formula is C10H12N2O3. The van der Waals surface area contributed by atoms with Gasteiger partial charge in [-0.2, -0.15) is 0 Å². The number of amides is 1. The Morgan fingerprint density at radius 3 is 2.67 bits per heavy atom. The van der Waals surface area contributed by atoms with Gasteiger partial charge in [0, 0.05) is 18.3 Å². The first-order valence-electron chi connectivity index (χ1n) is 4.33. The highest BCUT2D eigenvalue weighted by molar-refractivity contribution is 5.96. The molecule has 1 aromatic rings. The van der Waals surface area contributed by atoms with Gasteiger partial charge in [0.15, 0.2) is 0 Å². The molecule has 0 radical (unpaired) electrons. The van der Waals surface area contributed by atoms with Crippen molar-refractivity contribution in [3.8, 4) is 0 Å². The minimum absolute atomic E-state index is 0.326. The second kappa shape index (κ2) is 4.45. The maximum absolute atomic E-state index is 11.6. The maximum atomic E-state index is 11.6. The third-order valence-corrected chi connectivity index (χ3v) is 1.85. The van der Waals surface area contributed by atoms with E-state index in [1.165, 1.54) is 13.1 Å². The lowest BCUT2D eigenvalue weighted by atomic mass is 10.2. The number of anilines is 1. The molecule has 15 heavy (non-hydrogen) atoms. The highest BCUT2D eigenvalue weighted by Crippen LogP contribution is 2.08. The van der Waals surface area contributed by atoms with Gasteiger partial charge in [0.05, 0.1) is 0 Å². The van der Waals surface area contributed by atoms with E-state index >= 15 is 0 Å². The minimum Gasteiger partial charge on any atom is -0.480 e. The van der Waals surface area contributed by atoms with Crippen LogP contribution in [0, 0.1) is 0 Å². The van der Waals surface area contributed by atoms with Crippen LogP contribution < -0.4 is 5.73 Å². The van der Waals surface area contributed by atoms with Crippen molar-refractivity contribution in [3.63, 3.8) is 0 Å². The van der Waals surface area contributed by atoms with Gasteiger partial charge in [0.25, 0.3) is 5.91 Å². The van der Waals surface area contributed by atoms with E-state index in [0.717, 1.165) is 4.90 Å². The number of carboxylic acid groups (broad SMARTS) is 1. The number of nitrogens with zero attached hydrogens (tertiary/aromatic N) is 1. The van der Waals surface area contributed by atoms with E-state index in [-0.39, 0.29) is 12.5 Å². The molecule has 0 aromatic heterocycles. The Bertz CT molecular complexity index is 390. The number of nitrogen functional groups attached to an aromatic ring is 1. The summed E-state index contributed by atoms with van der Waals surface area (Å²) >= 11 is 0. The molecule has 0 unspecified atom stereocenters. The Morgan fingerprint density at radius 1 is 1.47 bits per heavy atom. The molecule has 1 amide bonds. The van der Waals surface area contributed by atoms with Crippen LogP contribution in [0.2, 0.25) is 0 Å². The van der Waals surface area contributed by atoms with E-state index in [9.17, 15) is 9.59 Å². The molecule has 0 saturated carbocycles. The molecule has 0 bridgehead atoms. The first-order chi connectivity index (χ1) is 7.00. The SMILES string of the molecule is CN(CC(=O)O)C(=O)c1cccc(N)c1. The summed E-state index contributed by atoms with van der Waals surface area (Å²) in [5.74, 6) is -1.40. The van der Waals surface area contributed by atoms with Crippen molar-refractivity contribution in [1.29, 1.82) is 0 Å². The van der Waals surface area contributed by atoms with Crippen molar-refractivity contribution in [2.24, 2.45) is 0 Å². The average molecular weight is 208 g/mol. The smallest absolute Gasteiger partial charge is 0.323 e. The zero-order valence-electron chi connectivity index (χ0n) is 8.30. The number of hydrogen-bond acceptors (Lipinski definition) is 3. The predicted octanol–water partition coefficient (Wildman–Crippen LogP) is 0.425. The van der Waals surface area contributed by atoms with Gasteiger partial charge in [-0.3, -0.25) is 9.59 Å². The number of aliphatic carboxylic acids is 1. The molecule has 1 rings (SSSR count). The monoisotopic (exact) mass is 208 g/mol. The third kappa shape index (κ3) is 2.98. The summed E-state index contributed by atoms with van der Waals surface area (Å²) in [7, 11) is 1.43. The Morgan fingerprint density at radius 2 is 2.13 bits per heavy atom. The first kappa shape index (κ1) is 11.0. The van der Waals surface area contributed by atoms with Gasteiger partial charge in [-0.25, -0.2) is 0 Å². The molecular weight excluding hydrogens is 196 g/mol. The second-order valence-corrected chi connectivity index (χ2v) is 3.18. The van der Waals surface area contributed by atoms with E-state index in [0.29, 0.717) is 11.3 Å². The van der Waals surface area contributed by atoms with Crippen molar-refractivity contribution >= 4 is 17.6 Å². The second-order valence-electron chi connectivity index (χ2n) is 3.18. The fourth-order valence-corrected chi connectivity index (χ4v) is 1.17. The number of rotatable bonds is 3. The maximum Gasteiger partial charge on any atom is 0.323 e. The Balaban J connectivity index is 2.80. The standard InChI is InChI=1S/C10H12N2O3/c1-12(6-9(13)14)10(15)7-3-2-4-8(11)5-7/h2-5H,6,11H2,1H3,(H,13,14). The number of carbonyl (C=O) groups is 2. The van der Waals surface area contributed by atoms with Crippen molar-refractivity contribution < 1.29 is 14.7 Å². The Hall–Kier alpha value is -2.04. The topological polar surface area (TPSA) is 83.6 Å². The van der Waals surface area contributed by atoms with E-state index in [2.05, 4.69) is 0 Å². The van der Waals surface area contributed by atoms with E-state index < -0.39 is 5.97 Å². The molecule has 0 spiro atoms. The largest absolute Gasteiger partial charge is 0.480 e. The third-order valence-electron chi connectivity index (χ3n) is 1.85. The van der Waals surface area contributed by atoms with Crippen molar-refractivity contribution in [1.82, 2.24) is 4.90 Å². The van der Waals surface area contributed by atoms with Crippen LogP contribution in [0.25, 0.3) is 0 Å². The number of nitrogens with two attached hydrogens (primary N) is 1. The zero-order chi connectivity index (χ0) is 11.4. The summed E-state index contributed by atoms with van der Waals surface area (Å²) in [5, 5.41) is 8.52. The lowest BCUT2D eigenvalue weighted by Crippen LogP contribution is -2.31. The average Bonchev–Trinajstić information content (AvgIpc) is 2.15. The number of benzene rings is 1. The van der Waals surface area contributed by atoms with Crippen molar-refractivity contribution in [2.45, 2.75) is 0 Å². The molecule has 0 saturated heterocycles. The van der Waals surface area contributed by atoms with Crippen LogP contribution in [0.15, 0.2) is 24.3 Å². The van der Waals surface area contributed by atoms with Crippen LogP contribution in [-0.4, -0.2) is 35.5 Å². The molecule has 3 N–H and O–H groups in total. The Labute approximate surface area is 87.1 Å². The number of hydrogen-bond donors (Lipinski definition) is 2. The number of carboxylic acids is 1. The van der Waals surface area contributed by atoms with Gasteiger partial charge in [0.1, 0.15) is 6.54 Å². The van der Waals surface area contributed by atoms with Gasteiger partial charge in [-0.1, -0.05) is 6.07 Å². The predicted molar refractivity (Wildman–Crippen MR) is 55.5 cm³/mol. The Kier molecular flexibility index (Phi) is 3.28. The number of likely N-dealkylation sites (N-methyl/N-ethyl adjacent to an activating group) is 1. The fourth-order valence-electron chi connectivity index (χ4n) is 1.17. The molecule has 0 heterocycles. The van der Waals surface area contributed by atoms with Crippen molar-refractivity contribution in [2.75, 3.05) is 19.3 Å². The number of carbonyl (C=O) groups excluding carboxylic acids is 1. The summed E-state index contributed by atoms with van der Waals surface area (Å²) < 4.78 is 0. The van der Waals surface area contributed by atoms with Crippen LogP contribution in [0.3, 0.4) is 0 Å². The minimum atomic E-state index is -1.05. The summed E-state index contributed by atoms with van der Waals surface area (Å²) in [6.45, 7) is -0.326. The van der Waals surface area contributed by atoms with Crippen molar-refractivity contribution in [3.05, 3.63) is 29.8 Å². The summed E-state index contributed by atoms with van der Waals surface area (Å²) in [6, 6.07) is 6.42. The molecule has 0 aliphatic heterocycles. The van der Waals surface area contributed by atoms with Gasteiger partial charge >= 0.3 is 5.97 Å².